The van der Waals surface area contributed by atoms with Crippen molar-refractivity contribution in [1.29, 1.82) is 0 Å². The van der Waals surface area contributed by atoms with Crippen molar-refractivity contribution in [2.75, 3.05) is 46.1 Å². The molecule has 0 fully saturated rings. The summed E-state index contributed by atoms with van der Waals surface area (Å²) in [6.45, 7) is 6.54. The molecule has 0 amide bonds. The van der Waals surface area contributed by atoms with Crippen molar-refractivity contribution >= 4 is 0 Å². The molecule has 0 aliphatic rings. The van der Waals surface area contributed by atoms with E-state index in [1.807, 2.05) is 36.9 Å². The Morgan fingerprint density at radius 2 is 1.57 bits per heavy atom. The van der Waals surface area contributed by atoms with Gasteiger partial charge in [-0.25, -0.2) is 0 Å². The molecule has 6 nitrogen and oxygen atoms in total. The maximum atomic E-state index is 10.4. The van der Waals surface area contributed by atoms with Gasteiger partial charge in [0.1, 0.15) is 0 Å². The van der Waals surface area contributed by atoms with Crippen LogP contribution in [-0.4, -0.2) is 66.3 Å². The van der Waals surface area contributed by atoms with Gasteiger partial charge in [-0.3, -0.25) is 4.90 Å². The van der Waals surface area contributed by atoms with Crippen molar-refractivity contribution < 1.29 is 24.8 Å². The van der Waals surface area contributed by atoms with Crippen LogP contribution in [0.5, 0.6) is 11.5 Å². The van der Waals surface area contributed by atoms with Crippen LogP contribution in [0.3, 0.4) is 0 Å². The van der Waals surface area contributed by atoms with Gasteiger partial charge in [0.05, 0.1) is 32.5 Å². The summed E-state index contributed by atoms with van der Waals surface area (Å²) < 4.78 is 11.1. The molecule has 0 radical (unpaired) electrons. The quantitative estimate of drug-likeness (QED) is 0.535. The van der Waals surface area contributed by atoms with Crippen LogP contribution in [0.15, 0.2) is 18.2 Å². The Balaban J connectivity index is 2.70. The molecular weight excluding hydrogens is 298 g/mol. The molecule has 1 aromatic rings. The number of nitrogens with zero attached hydrogens (tertiary/aromatic N) is 1. The van der Waals surface area contributed by atoms with Crippen LogP contribution in [0.1, 0.15) is 31.9 Å². The highest BCUT2D eigenvalue weighted by atomic mass is 16.5. The van der Waals surface area contributed by atoms with Gasteiger partial charge in [-0.15, -0.1) is 0 Å². The minimum atomic E-state index is -0.634. The summed E-state index contributed by atoms with van der Waals surface area (Å²) in [5.41, 5.74) is 0.768. The number of rotatable bonds is 12. The molecule has 0 heterocycles. The summed E-state index contributed by atoms with van der Waals surface area (Å²) in [4.78, 5) is 1.92. The molecule has 3 N–H and O–H groups in total. The predicted molar refractivity (Wildman–Crippen MR) is 89.0 cm³/mol. The van der Waals surface area contributed by atoms with E-state index in [2.05, 4.69) is 0 Å². The maximum absolute atomic E-state index is 10.4. The first kappa shape index (κ1) is 19.7. The number of hydrogen-bond donors (Lipinski definition) is 3. The Hall–Kier alpha value is -1.34. The molecule has 0 bridgehead atoms. The third kappa shape index (κ3) is 6.74. The second-order valence-corrected chi connectivity index (χ2v) is 5.17. The van der Waals surface area contributed by atoms with Gasteiger partial charge in [0.2, 0.25) is 0 Å². The molecule has 6 heteroatoms. The molecule has 132 valence electrons. The zero-order valence-electron chi connectivity index (χ0n) is 14.1. The Bertz CT molecular complexity index is 435. The van der Waals surface area contributed by atoms with Gasteiger partial charge in [-0.1, -0.05) is 6.07 Å². The van der Waals surface area contributed by atoms with E-state index in [0.29, 0.717) is 50.8 Å². The summed E-state index contributed by atoms with van der Waals surface area (Å²) in [5.74, 6) is 1.31. The molecule has 1 unspecified atom stereocenters. The second-order valence-electron chi connectivity index (χ2n) is 5.17. The van der Waals surface area contributed by atoms with Crippen molar-refractivity contribution in [3.63, 3.8) is 0 Å². The van der Waals surface area contributed by atoms with E-state index in [0.717, 1.165) is 5.56 Å². The normalized spacial score (nSPS) is 12.4. The predicted octanol–water partition coefficient (Wildman–Crippen LogP) is 1.19. The van der Waals surface area contributed by atoms with E-state index in [1.165, 1.54) is 0 Å². The van der Waals surface area contributed by atoms with Crippen molar-refractivity contribution in [2.45, 2.75) is 26.4 Å². The van der Waals surface area contributed by atoms with Crippen LogP contribution < -0.4 is 9.47 Å². The van der Waals surface area contributed by atoms with Crippen LogP contribution in [-0.2, 0) is 0 Å². The lowest BCUT2D eigenvalue weighted by molar-refractivity contribution is 0.118. The van der Waals surface area contributed by atoms with E-state index < -0.39 is 6.10 Å². The minimum Gasteiger partial charge on any atom is -0.490 e. The lowest BCUT2D eigenvalue weighted by Gasteiger charge is -2.22. The monoisotopic (exact) mass is 327 g/mol. The molecule has 0 spiro atoms. The van der Waals surface area contributed by atoms with Gasteiger partial charge in [0.25, 0.3) is 0 Å². The Labute approximate surface area is 138 Å². The minimum absolute atomic E-state index is 0.0354. The van der Waals surface area contributed by atoms with Gasteiger partial charge in [0.15, 0.2) is 11.5 Å². The zero-order valence-corrected chi connectivity index (χ0v) is 14.1. The fourth-order valence-corrected chi connectivity index (χ4v) is 2.36. The van der Waals surface area contributed by atoms with Gasteiger partial charge < -0.3 is 24.8 Å². The molecular formula is C17H29NO5. The van der Waals surface area contributed by atoms with E-state index >= 15 is 0 Å². The highest BCUT2D eigenvalue weighted by Gasteiger charge is 2.14. The Morgan fingerprint density at radius 1 is 0.957 bits per heavy atom. The lowest BCUT2D eigenvalue weighted by atomic mass is 10.1. The topological polar surface area (TPSA) is 82.4 Å². The van der Waals surface area contributed by atoms with Crippen molar-refractivity contribution in [1.82, 2.24) is 4.90 Å². The third-order valence-electron chi connectivity index (χ3n) is 3.50. The van der Waals surface area contributed by atoms with Crippen LogP contribution in [0.25, 0.3) is 0 Å². The van der Waals surface area contributed by atoms with E-state index in [1.54, 1.807) is 0 Å². The average molecular weight is 327 g/mol. The second kappa shape index (κ2) is 11.2. The molecule has 0 saturated heterocycles. The van der Waals surface area contributed by atoms with Crippen LogP contribution in [0, 0.1) is 0 Å². The van der Waals surface area contributed by atoms with E-state index in [-0.39, 0.29) is 13.2 Å². The van der Waals surface area contributed by atoms with E-state index in [9.17, 15) is 5.11 Å². The average Bonchev–Trinajstić information content (AvgIpc) is 2.55. The van der Waals surface area contributed by atoms with Crippen molar-refractivity contribution in [3.05, 3.63) is 23.8 Å². The summed E-state index contributed by atoms with van der Waals surface area (Å²) in [5, 5.41) is 28.4. The highest BCUT2D eigenvalue weighted by molar-refractivity contribution is 5.43. The number of benzene rings is 1. The van der Waals surface area contributed by atoms with Gasteiger partial charge in [0, 0.05) is 19.6 Å². The summed E-state index contributed by atoms with van der Waals surface area (Å²) >= 11 is 0. The fourth-order valence-electron chi connectivity index (χ4n) is 2.36. The molecule has 1 rings (SSSR count). The lowest BCUT2D eigenvalue weighted by Crippen LogP contribution is -2.31. The molecule has 0 saturated carbocycles. The Morgan fingerprint density at radius 3 is 2.13 bits per heavy atom. The van der Waals surface area contributed by atoms with Gasteiger partial charge in [-0.05, 0) is 38.0 Å². The molecule has 23 heavy (non-hydrogen) atoms. The summed E-state index contributed by atoms with van der Waals surface area (Å²) in [6.07, 6.45) is -0.121. The summed E-state index contributed by atoms with van der Waals surface area (Å²) in [6, 6.07) is 5.45. The van der Waals surface area contributed by atoms with Crippen LogP contribution in [0.4, 0.5) is 0 Å². The third-order valence-corrected chi connectivity index (χ3v) is 3.50. The van der Waals surface area contributed by atoms with Crippen molar-refractivity contribution in [2.24, 2.45) is 0 Å². The standard InChI is InChI=1S/C17H29NO5/c1-3-22-16-6-5-14(13-17(16)23-4-2)15(21)7-8-18(9-11-19)10-12-20/h5-6,13,15,19-21H,3-4,7-12H2,1-2H3. The van der Waals surface area contributed by atoms with Crippen molar-refractivity contribution in [3.8, 4) is 11.5 Å². The fraction of sp³-hybridized carbons (Fsp3) is 0.647. The van der Waals surface area contributed by atoms with Gasteiger partial charge >= 0.3 is 0 Å². The Kier molecular flexibility index (Phi) is 9.63. The SMILES string of the molecule is CCOc1ccc(C(O)CCN(CCO)CCO)cc1OCC. The largest absolute Gasteiger partial charge is 0.490 e. The first-order valence-electron chi connectivity index (χ1n) is 8.17. The number of aliphatic hydroxyl groups is 3. The first-order valence-corrected chi connectivity index (χ1v) is 8.17. The zero-order chi connectivity index (χ0) is 17.1. The maximum Gasteiger partial charge on any atom is 0.161 e. The molecule has 1 aromatic carbocycles. The van der Waals surface area contributed by atoms with Gasteiger partial charge in [-0.2, -0.15) is 0 Å². The molecule has 0 aromatic heterocycles. The number of hydrogen-bond acceptors (Lipinski definition) is 6. The molecule has 0 aliphatic carbocycles. The molecule has 0 aliphatic heterocycles. The molecule has 1 atom stereocenters. The highest BCUT2D eigenvalue weighted by Crippen LogP contribution is 2.31. The van der Waals surface area contributed by atoms with E-state index in [4.69, 9.17) is 19.7 Å². The number of ether oxygens (including phenoxy) is 2. The van der Waals surface area contributed by atoms with Crippen LogP contribution in [0.2, 0.25) is 0 Å². The smallest absolute Gasteiger partial charge is 0.161 e. The summed E-state index contributed by atoms with van der Waals surface area (Å²) in [7, 11) is 0. The van der Waals surface area contributed by atoms with Crippen LogP contribution >= 0.6 is 0 Å². The number of aliphatic hydroxyl groups excluding tert-OH is 3. The first-order chi connectivity index (χ1) is 11.2.